The predicted molar refractivity (Wildman–Crippen MR) is 87.6 cm³/mol. The topological polar surface area (TPSA) is 75.6 Å². The first-order chi connectivity index (χ1) is 11.4. The van der Waals surface area contributed by atoms with Crippen molar-refractivity contribution in [1.82, 2.24) is 19.9 Å². The molecule has 0 radical (unpaired) electrons. The highest BCUT2D eigenvalue weighted by molar-refractivity contribution is 5.91. The van der Waals surface area contributed by atoms with Crippen molar-refractivity contribution in [3.8, 4) is 0 Å². The molecule has 0 N–H and O–H groups in total. The van der Waals surface area contributed by atoms with Gasteiger partial charge in [-0.3, -0.25) is 9.69 Å². The summed E-state index contributed by atoms with van der Waals surface area (Å²) < 4.78 is 10.6. The van der Waals surface area contributed by atoms with Gasteiger partial charge in [0.05, 0.1) is 12.3 Å². The van der Waals surface area contributed by atoms with Crippen LogP contribution in [0.4, 0.5) is 0 Å². The van der Waals surface area contributed by atoms with Crippen molar-refractivity contribution in [2.45, 2.75) is 39.2 Å². The number of piperazine rings is 1. The van der Waals surface area contributed by atoms with Gasteiger partial charge < -0.3 is 13.8 Å². The van der Waals surface area contributed by atoms with E-state index >= 15 is 0 Å². The van der Waals surface area contributed by atoms with Gasteiger partial charge in [0.25, 0.3) is 5.91 Å². The lowest BCUT2D eigenvalue weighted by Gasteiger charge is -2.36. The fraction of sp³-hybridized carbons (Fsp3) is 0.588. The van der Waals surface area contributed by atoms with Crippen LogP contribution in [0.5, 0.6) is 0 Å². The number of furan rings is 1. The minimum Gasteiger partial charge on any atom is -0.459 e. The van der Waals surface area contributed by atoms with Crippen LogP contribution in [0.25, 0.3) is 0 Å². The molecule has 0 aliphatic carbocycles. The molecule has 3 rings (SSSR count). The fourth-order valence-electron chi connectivity index (χ4n) is 2.73. The van der Waals surface area contributed by atoms with Crippen LogP contribution in [0, 0.1) is 0 Å². The Kier molecular flexibility index (Phi) is 4.45. The van der Waals surface area contributed by atoms with Crippen LogP contribution in [0.1, 0.15) is 56.0 Å². The summed E-state index contributed by atoms with van der Waals surface area (Å²) in [5.41, 5.74) is -0.129. The molecular formula is C17H24N4O3. The fourth-order valence-corrected chi connectivity index (χ4v) is 2.73. The van der Waals surface area contributed by atoms with E-state index in [0.29, 0.717) is 24.7 Å². The third kappa shape index (κ3) is 3.36. The van der Waals surface area contributed by atoms with E-state index < -0.39 is 0 Å². The van der Waals surface area contributed by atoms with E-state index in [1.54, 1.807) is 12.1 Å². The largest absolute Gasteiger partial charge is 0.459 e. The Morgan fingerprint density at radius 3 is 2.50 bits per heavy atom. The zero-order valence-corrected chi connectivity index (χ0v) is 14.7. The minimum atomic E-state index is -0.129. The SMILES string of the molecule is C[C@@H](c1nc(C(C)(C)C)no1)N1CCN(C(=O)c2ccco2)CC1. The van der Waals surface area contributed by atoms with Gasteiger partial charge in [0.15, 0.2) is 11.6 Å². The lowest BCUT2D eigenvalue weighted by atomic mass is 9.96. The molecule has 1 amide bonds. The van der Waals surface area contributed by atoms with Gasteiger partial charge in [-0.25, -0.2) is 0 Å². The Morgan fingerprint density at radius 1 is 1.25 bits per heavy atom. The first-order valence-corrected chi connectivity index (χ1v) is 8.27. The molecule has 2 aromatic heterocycles. The normalized spacial score (nSPS) is 17.9. The Bertz CT molecular complexity index is 679. The number of aromatic nitrogens is 2. The number of carbonyl (C=O) groups is 1. The van der Waals surface area contributed by atoms with Gasteiger partial charge in [0.1, 0.15) is 0 Å². The van der Waals surface area contributed by atoms with Gasteiger partial charge in [0.2, 0.25) is 5.89 Å². The quantitative estimate of drug-likeness (QED) is 0.859. The second-order valence-corrected chi connectivity index (χ2v) is 7.19. The average Bonchev–Trinajstić information content (AvgIpc) is 3.24. The second kappa shape index (κ2) is 6.39. The van der Waals surface area contributed by atoms with E-state index in [1.165, 1.54) is 6.26 Å². The molecule has 1 saturated heterocycles. The first kappa shape index (κ1) is 16.7. The van der Waals surface area contributed by atoms with Gasteiger partial charge in [0, 0.05) is 31.6 Å². The molecule has 1 aliphatic heterocycles. The van der Waals surface area contributed by atoms with Crippen LogP contribution in [0.15, 0.2) is 27.3 Å². The number of nitrogens with zero attached hydrogens (tertiary/aromatic N) is 4. The summed E-state index contributed by atoms with van der Waals surface area (Å²) in [6.45, 7) is 11.1. The Labute approximate surface area is 141 Å². The van der Waals surface area contributed by atoms with E-state index in [0.717, 1.165) is 18.9 Å². The van der Waals surface area contributed by atoms with Crippen molar-refractivity contribution in [2.75, 3.05) is 26.2 Å². The summed E-state index contributed by atoms with van der Waals surface area (Å²) in [4.78, 5) is 20.9. The summed E-state index contributed by atoms with van der Waals surface area (Å²) >= 11 is 0. The van der Waals surface area contributed by atoms with Gasteiger partial charge in [-0.1, -0.05) is 25.9 Å². The maximum atomic E-state index is 12.3. The Morgan fingerprint density at radius 2 is 1.96 bits per heavy atom. The Hall–Kier alpha value is -2.15. The van der Waals surface area contributed by atoms with Crippen LogP contribution in [-0.4, -0.2) is 52.0 Å². The lowest BCUT2D eigenvalue weighted by molar-refractivity contribution is 0.0524. The number of carbonyl (C=O) groups excluding carboxylic acids is 1. The van der Waals surface area contributed by atoms with Crippen molar-refractivity contribution in [3.63, 3.8) is 0 Å². The molecule has 7 nitrogen and oxygen atoms in total. The molecule has 1 aliphatic rings. The molecule has 0 spiro atoms. The van der Waals surface area contributed by atoms with Crippen LogP contribution in [0.2, 0.25) is 0 Å². The summed E-state index contributed by atoms with van der Waals surface area (Å²) in [5, 5.41) is 4.09. The van der Waals surface area contributed by atoms with Gasteiger partial charge >= 0.3 is 0 Å². The Balaban J connectivity index is 1.60. The molecule has 0 unspecified atom stereocenters. The maximum Gasteiger partial charge on any atom is 0.289 e. The summed E-state index contributed by atoms with van der Waals surface area (Å²) in [6, 6.07) is 3.46. The predicted octanol–water partition coefficient (Wildman–Crippen LogP) is 2.48. The maximum absolute atomic E-state index is 12.3. The molecule has 0 bridgehead atoms. The monoisotopic (exact) mass is 332 g/mol. The first-order valence-electron chi connectivity index (χ1n) is 8.27. The summed E-state index contributed by atoms with van der Waals surface area (Å²) in [5.74, 6) is 1.69. The molecule has 7 heteroatoms. The smallest absolute Gasteiger partial charge is 0.289 e. The highest BCUT2D eigenvalue weighted by atomic mass is 16.5. The van der Waals surface area contributed by atoms with E-state index in [1.807, 2.05) is 4.90 Å². The van der Waals surface area contributed by atoms with Gasteiger partial charge in [-0.15, -0.1) is 0 Å². The van der Waals surface area contributed by atoms with Crippen molar-refractivity contribution >= 4 is 5.91 Å². The molecule has 1 atom stereocenters. The van der Waals surface area contributed by atoms with Crippen molar-refractivity contribution in [3.05, 3.63) is 35.9 Å². The highest BCUT2D eigenvalue weighted by Crippen LogP contribution is 2.24. The standard InChI is InChI=1S/C17H24N4O3/c1-12(14-18-16(19-24-14)17(2,3)4)20-7-9-21(10-8-20)15(22)13-6-5-11-23-13/h5-6,11-12H,7-10H2,1-4H3/t12-/m0/s1. The molecule has 24 heavy (non-hydrogen) atoms. The molecule has 130 valence electrons. The molecule has 1 fully saturated rings. The number of amides is 1. The third-order valence-electron chi connectivity index (χ3n) is 4.35. The van der Waals surface area contributed by atoms with Gasteiger partial charge in [-0.2, -0.15) is 4.98 Å². The highest BCUT2D eigenvalue weighted by Gasteiger charge is 2.30. The van der Waals surface area contributed by atoms with Gasteiger partial charge in [-0.05, 0) is 19.1 Å². The summed E-state index contributed by atoms with van der Waals surface area (Å²) in [7, 11) is 0. The van der Waals surface area contributed by atoms with Crippen LogP contribution < -0.4 is 0 Å². The lowest BCUT2D eigenvalue weighted by Crippen LogP contribution is -2.49. The zero-order valence-electron chi connectivity index (χ0n) is 14.7. The van der Waals surface area contributed by atoms with E-state index in [4.69, 9.17) is 8.94 Å². The average molecular weight is 332 g/mol. The van der Waals surface area contributed by atoms with Crippen LogP contribution in [0.3, 0.4) is 0 Å². The molecule has 0 saturated carbocycles. The van der Waals surface area contributed by atoms with E-state index in [-0.39, 0.29) is 17.4 Å². The number of hydrogen-bond acceptors (Lipinski definition) is 6. The molecular weight excluding hydrogens is 308 g/mol. The zero-order chi connectivity index (χ0) is 17.3. The molecule has 0 aromatic carbocycles. The third-order valence-corrected chi connectivity index (χ3v) is 4.35. The number of rotatable bonds is 3. The number of hydrogen-bond donors (Lipinski definition) is 0. The van der Waals surface area contributed by atoms with Crippen LogP contribution >= 0.6 is 0 Å². The van der Waals surface area contributed by atoms with Crippen molar-refractivity contribution in [2.24, 2.45) is 0 Å². The van der Waals surface area contributed by atoms with Crippen molar-refractivity contribution < 1.29 is 13.7 Å². The molecule has 3 heterocycles. The van der Waals surface area contributed by atoms with Crippen molar-refractivity contribution in [1.29, 1.82) is 0 Å². The van der Waals surface area contributed by atoms with Crippen LogP contribution in [-0.2, 0) is 5.41 Å². The second-order valence-electron chi connectivity index (χ2n) is 7.19. The molecule has 2 aromatic rings. The van der Waals surface area contributed by atoms with E-state index in [2.05, 4.69) is 42.7 Å². The summed E-state index contributed by atoms with van der Waals surface area (Å²) in [6.07, 6.45) is 1.52. The van der Waals surface area contributed by atoms with E-state index in [9.17, 15) is 4.79 Å². The minimum absolute atomic E-state index is 0.0365.